The van der Waals surface area contributed by atoms with E-state index in [2.05, 4.69) is 6.07 Å². The van der Waals surface area contributed by atoms with Crippen LogP contribution < -0.4 is 4.74 Å². The SMILES string of the molecule is c1ccc2c(c1)OCc1c-2oc2ccccc12. The summed E-state index contributed by atoms with van der Waals surface area (Å²) in [5.74, 6) is 1.85. The van der Waals surface area contributed by atoms with Gasteiger partial charge in [-0.05, 0) is 18.2 Å². The Morgan fingerprint density at radius 2 is 1.71 bits per heavy atom. The van der Waals surface area contributed by atoms with Crippen molar-refractivity contribution in [2.24, 2.45) is 0 Å². The molecule has 2 nitrogen and oxygen atoms in total. The lowest BCUT2D eigenvalue weighted by atomic mass is 10.0. The van der Waals surface area contributed by atoms with E-state index < -0.39 is 0 Å². The van der Waals surface area contributed by atoms with Gasteiger partial charge in [-0.3, -0.25) is 0 Å². The molecule has 0 aliphatic carbocycles. The summed E-state index contributed by atoms with van der Waals surface area (Å²) < 4.78 is 11.7. The molecule has 3 aromatic rings. The molecule has 0 radical (unpaired) electrons. The molecule has 0 saturated carbocycles. The first kappa shape index (κ1) is 8.88. The highest BCUT2D eigenvalue weighted by molar-refractivity contribution is 5.89. The molecule has 0 spiro atoms. The van der Waals surface area contributed by atoms with E-state index in [1.54, 1.807) is 0 Å². The lowest BCUT2D eigenvalue weighted by Gasteiger charge is -2.16. The highest BCUT2D eigenvalue weighted by Gasteiger charge is 2.23. The topological polar surface area (TPSA) is 22.4 Å². The van der Waals surface area contributed by atoms with Gasteiger partial charge in [0.1, 0.15) is 23.7 Å². The molecule has 82 valence electrons. The molecule has 2 heterocycles. The van der Waals surface area contributed by atoms with Gasteiger partial charge in [0.05, 0.1) is 5.56 Å². The van der Waals surface area contributed by atoms with Gasteiger partial charge in [-0.25, -0.2) is 0 Å². The predicted molar refractivity (Wildman–Crippen MR) is 66.0 cm³/mol. The minimum absolute atomic E-state index is 0.587. The third kappa shape index (κ3) is 1.15. The maximum absolute atomic E-state index is 5.94. The summed E-state index contributed by atoms with van der Waals surface area (Å²) in [4.78, 5) is 0. The molecule has 17 heavy (non-hydrogen) atoms. The number of hydrogen-bond donors (Lipinski definition) is 0. The molecule has 1 aliphatic rings. The quantitative estimate of drug-likeness (QED) is 0.573. The Balaban J connectivity index is 2.10. The lowest BCUT2D eigenvalue weighted by molar-refractivity contribution is 0.300. The smallest absolute Gasteiger partial charge is 0.145 e. The van der Waals surface area contributed by atoms with Crippen molar-refractivity contribution in [3.63, 3.8) is 0 Å². The van der Waals surface area contributed by atoms with Crippen LogP contribution in [0.1, 0.15) is 5.56 Å². The van der Waals surface area contributed by atoms with Gasteiger partial charge in [-0.1, -0.05) is 30.3 Å². The van der Waals surface area contributed by atoms with E-state index in [9.17, 15) is 0 Å². The Morgan fingerprint density at radius 3 is 2.71 bits per heavy atom. The van der Waals surface area contributed by atoms with E-state index in [1.165, 1.54) is 0 Å². The average Bonchev–Trinajstić information content (AvgIpc) is 2.78. The first-order valence-electron chi connectivity index (χ1n) is 5.66. The van der Waals surface area contributed by atoms with Crippen molar-refractivity contribution in [2.45, 2.75) is 6.61 Å². The average molecular weight is 222 g/mol. The molecule has 0 saturated heterocycles. The zero-order valence-electron chi connectivity index (χ0n) is 9.14. The van der Waals surface area contributed by atoms with Crippen molar-refractivity contribution in [2.75, 3.05) is 0 Å². The third-order valence-electron chi connectivity index (χ3n) is 3.20. The van der Waals surface area contributed by atoms with Gasteiger partial charge in [-0.2, -0.15) is 0 Å². The van der Waals surface area contributed by atoms with Gasteiger partial charge < -0.3 is 9.15 Å². The summed E-state index contributed by atoms with van der Waals surface area (Å²) in [7, 11) is 0. The Labute approximate surface area is 98.4 Å². The summed E-state index contributed by atoms with van der Waals surface area (Å²) in [5, 5.41) is 1.15. The largest absolute Gasteiger partial charge is 0.488 e. The van der Waals surface area contributed by atoms with Crippen LogP contribution >= 0.6 is 0 Å². The summed E-state index contributed by atoms with van der Waals surface area (Å²) >= 11 is 0. The number of para-hydroxylation sites is 2. The Bertz CT molecular complexity index is 710. The standard InChI is InChI=1S/C15H10O2/c1-4-8-14-10(5-1)12-9-16-13-7-3-2-6-11(13)15(12)17-14/h1-8H,9H2. The van der Waals surface area contributed by atoms with E-state index in [-0.39, 0.29) is 0 Å². The highest BCUT2D eigenvalue weighted by Crippen LogP contribution is 2.41. The molecule has 4 rings (SSSR count). The lowest BCUT2D eigenvalue weighted by Crippen LogP contribution is -2.02. The van der Waals surface area contributed by atoms with Gasteiger partial charge >= 0.3 is 0 Å². The molecule has 0 N–H and O–H groups in total. The molecule has 0 amide bonds. The van der Waals surface area contributed by atoms with Crippen LogP contribution in [0.2, 0.25) is 0 Å². The number of benzene rings is 2. The molecule has 2 heteroatoms. The van der Waals surface area contributed by atoms with E-state index in [0.29, 0.717) is 6.61 Å². The first-order valence-corrected chi connectivity index (χ1v) is 5.66. The monoisotopic (exact) mass is 222 g/mol. The van der Waals surface area contributed by atoms with Crippen LogP contribution in [0.3, 0.4) is 0 Å². The van der Waals surface area contributed by atoms with Crippen molar-refractivity contribution >= 4 is 11.0 Å². The molecule has 2 aromatic carbocycles. The van der Waals surface area contributed by atoms with Crippen molar-refractivity contribution < 1.29 is 9.15 Å². The second kappa shape index (κ2) is 3.14. The van der Waals surface area contributed by atoms with Crippen molar-refractivity contribution in [1.29, 1.82) is 0 Å². The molecule has 1 aliphatic heterocycles. The van der Waals surface area contributed by atoms with Gasteiger partial charge in [0.25, 0.3) is 0 Å². The van der Waals surface area contributed by atoms with Crippen LogP contribution in [0.4, 0.5) is 0 Å². The van der Waals surface area contributed by atoms with Crippen molar-refractivity contribution in [3.05, 3.63) is 54.1 Å². The zero-order valence-corrected chi connectivity index (χ0v) is 9.14. The number of furan rings is 1. The molecule has 0 fully saturated rings. The molecule has 1 aromatic heterocycles. The summed E-state index contributed by atoms with van der Waals surface area (Å²) in [6.45, 7) is 0.587. The Hall–Kier alpha value is -2.22. The van der Waals surface area contributed by atoms with E-state index in [0.717, 1.165) is 33.6 Å². The third-order valence-corrected chi connectivity index (χ3v) is 3.20. The maximum atomic E-state index is 5.94. The summed E-state index contributed by atoms with van der Waals surface area (Å²) in [5.41, 5.74) is 3.13. The van der Waals surface area contributed by atoms with E-state index in [4.69, 9.17) is 9.15 Å². The maximum Gasteiger partial charge on any atom is 0.145 e. The molecular formula is C15H10O2. The number of fused-ring (bicyclic) bond motifs is 5. The molecule has 0 atom stereocenters. The number of hydrogen-bond acceptors (Lipinski definition) is 2. The Morgan fingerprint density at radius 1 is 0.882 bits per heavy atom. The van der Waals surface area contributed by atoms with Crippen LogP contribution in [0.15, 0.2) is 52.9 Å². The molecule has 0 bridgehead atoms. The van der Waals surface area contributed by atoms with E-state index in [1.807, 2.05) is 42.5 Å². The van der Waals surface area contributed by atoms with Gasteiger partial charge in [-0.15, -0.1) is 0 Å². The molecule has 0 unspecified atom stereocenters. The fourth-order valence-corrected chi connectivity index (χ4v) is 2.39. The summed E-state index contributed by atoms with van der Waals surface area (Å²) in [6.07, 6.45) is 0. The number of ether oxygens (including phenoxy) is 1. The van der Waals surface area contributed by atoms with Crippen molar-refractivity contribution in [3.8, 4) is 17.1 Å². The van der Waals surface area contributed by atoms with E-state index >= 15 is 0 Å². The van der Waals surface area contributed by atoms with Crippen LogP contribution in [-0.4, -0.2) is 0 Å². The second-order valence-corrected chi connectivity index (χ2v) is 4.19. The van der Waals surface area contributed by atoms with Crippen LogP contribution in [0.25, 0.3) is 22.3 Å². The first-order chi connectivity index (χ1) is 8.43. The fraction of sp³-hybridized carbons (Fsp3) is 0.0667. The minimum Gasteiger partial charge on any atom is -0.488 e. The predicted octanol–water partition coefficient (Wildman–Crippen LogP) is 3.99. The zero-order chi connectivity index (χ0) is 11.2. The van der Waals surface area contributed by atoms with Gasteiger partial charge in [0, 0.05) is 10.9 Å². The Kier molecular flexibility index (Phi) is 1.64. The van der Waals surface area contributed by atoms with Crippen molar-refractivity contribution in [1.82, 2.24) is 0 Å². The fourth-order valence-electron chi connectivity index (χ4n) is 2.39. The highest BCUT2D eigenvalue weighted by atomic mass is 16.5. The normalized spacial score (nSPS) is 12.9. The summed E-state index contributed by atoms with van der Waals surface area (Å²) in [6, 6.07) is 16.1. The van der Waals surface area contributed by atoms with Gasteiger partial charge in [0.15, 0.2) is 0 Å². The second-order valence-electron chi connectivity index (χ2n) is 4.19. The van der Waals surface area contributed by atoms with Crippen LogP contribution in [0, 0.1) is 0 Å². The van der Waals surface area contributed by atoms with Crippen LogP contribution in [0.5, 0.6) is 5.75 Å². The van der Waals surface area contributed by atoms with Gasteiger partial charge in [0.2, 0.25) is 0 Å². The number of rotatable bonds is 0. The minimum atomic E-state index is 0.587. The molecular weight excluding hydrogens is 212 g/mol. The van der Waals surface area contributed by atoms with Crippen LogP contribution in [-0.2, 0) is 6.61 Å².